The average molecular weight is 347 g/mol. The number of nitrogens with zero attached hydrogens (tertiary/aromatic N) is 4. The van der Waals surface area contributed by atoms with E-state index in [0.717, 1.165) is 31.4 Å². The van der Waals surface area contributed by atoms with Gasteiger partial charge in [0.1, 0.15) is 0 Å². The molecule has 0 bridgehead atoms. The molecular formula is C20H34N4O. The van der Waals surface area contributed by atoms with Crippen molar-refractivity contribution in [3.63, 3.8) is 0 Å². The molecule has 0 spiro atoms. The third-order valence-corrected chi connectivity index (χ3v) is 5.80. The van der Waals surface area contributed by atoms with E-state index in [1.807, 2.05) is 6.07 Å². The molecule has 3 heterocycles. The molecule has 140 valence electrons. The second-order valence-electron chi connectivity index (χ2n) is 9.03. The molecule has 2 aliphatic heterocycles. The van der Waals surface area contributed by atoms with Crippen molar-refractivity contribution >= 4 is 0 Å². The van der Waals surface area contributed by atoms with Gasteiger partial charge in [-0.1, -0.05) is 27.2 Å². The van der Waals surface area contributed by atoms with E-state index < -0.39 is 0 Å². The maximum Gasteiger partial charge on any atom is 0.266 e. The van der Waals surface area contributed by atoms with Gasteiger partial charge in [-0.15, -0.1) is 0 Å². The highest BCUT2D eigenvalue weighted by atomic mass is 16.1. The van der Waals surface area contributed by atoms with Crippen LogP contribution in [0.15, 0.2) is 16.9 Å². The number of hydrogen-bond donors (Lipinski definition) is 0. The van der Waals surface area contributed by atoms with Gasteiger partial charge < -0.3 is 9.80 Å². The normalized spacial score (nSPS) is 23.6. The Morgan fingerprint density at radius 2 is 1.96 bits per heavy atom. The van der Waals surface area contributed by atoms with Gasteiger partial charge in [0.2, 0.25) is 0 Å². The molecule has 1 aromatic heterocycles. The van der Waals surface area contributed by atoms with Crippen LogP contribution in [-0.2, 0) is 12.0 Å². The molecular weight excluding hydrogens is 312 g/mol. The Bertz CT molecular complexity index is 627. The summed E-state index contributed by atoms with van der Waals surface area (Å²) >= 11 is 0. The molecule has 3 rings (SSSR count). The Morgan fingerprint density at radius 1 is 1.20 bits per heavy atom. The minimum absolute atomic E-state index is 0.0207. The van der Waals surface area contributed by atoms with Gasteiger partial charge in [0.15, 0.2) is 0 Å². The molecule has 0 aromatic carbocycles. The highest BCUT2D eigenvalue weighted by Crippen LogP contribution is 2.22. The Hall–Kier alpha value is -1.20. The molecule has 1 aromatic rings. The van der Waals surface area contributed by atoms with Gasteiger partial charge in [0.05, 0.1) is 12.2 Å². The van der Waals surface area contributed by atoms with Crippen molar-refractivity contribution in [1.29, 1.82) is 0 Å². The number of aromatic nitrogens is 2. The van der Waals surface area contributed by atoms with Crippen LogP contribution in [0.4, 0.5) is 0 Å². The molecule has 1 unspecified atom stereocenters. The predicted molar refractivity (Wildman–Crippen MR) is 102 cm³/mol. The first-order chi connectivity index (χ1) is 11.8. The summed E-state index contributed by atoms with van der Waals surface area (Å²) in [5.41, 5.74) is 0.992. The molecule has 0 aliphatic carbocycles. The first-order valence-electron chi connectivity index (χ1n) is 9.84. The van der Waals surface area contributed by atoms with Gasteiger partial charge in [-0.25, -0.2) is 4.68 Å². The Morgan fingerprint density at radius 3 is 2.64 bits per heavy atom. The fraction of sp³-hybridized carbons (Fsp3) is 0.800. The van der Waals surface area contributed by atoms with Crippen LogP contribution >= 0.6 is 0 Å². The Labute approximate surface area is 152 Å². The molecule has 25 heavy (non-hydrogen) atoms. The highest BCUT2D eigenvalue weighted by Gasteiger charge is 2.29. The van der Waals surface area contributed by atoms with Gasteiger partial charge in [-0.05, 0) is 45.5 Å². The summed E-state index contributed by atoms with van der Waals surface area (Å²) in [7, 11) is 2.27. The van der Waals surface area contributed by atoms with Crippen LogP contribution in [0.1, 0.15) is 52.1 Å². The topological polar surface area (TPSA) is 41.4 Å². The van der Waals surface area contributed by atoms with Gasteiger partial charge in [0.25, 0.3) is 5.56 Å². The summed E-state index contributed by atoms with van der Waals surface area (Å²) < 4.78 is 1.68. The van der Waals surface area contributed by atoms with Crippen LogP contribution in [0, 0.1) is 5.92 Å². The Balaban J connectivity index is 1.47. The lowest BCUT2D eigenvalue weighted by molar-refractivity contribution is 0.0671. The van der Waals surface area contributed by atoms with Crippen LogP contribution in [0.3, 0.4) is 0 Å². The summed E-state index contributed by atoms with van der Waals surface area (Å²) in [4.78, 5) is 17.2. The number of hydrogen-bond acceptors (Lipinski definition) is 4. The molecule has 2 fully saturated rings. The first-order valence-corrected chi connectivity index (χ1v) is 9.84. The second kappa shape index (κ2) is 7.58. The lowest BCUT2D eigenvalue weighted by Gasteiger charge is -2.41. The van der Waals surface area contributed by atoms with Gasteiger partial charge in [-0.2, -0.15) is 5.10 Å². The monoisotopic (exact) mass is 346 g/mol. The summed E-state index contributed by atoms with van der Waals surface area (Å²) in [6, 6.07) is 4.30. The van der Waals surface area contributed by atoms with Crippen LogP contribution in [0.5, 0.6) is 0 Å². The summed E-state index contributed by atoms with van der Waals surface area (Å²) in [6.07, 6.45) is 5.37. The zero-order valence-electron chi connectivity index (χ0n) is 16.4. The molecule has 0 radical (unpaired) electrons. The van der Waals surface area contributed by atoms with Gasteiger partial charge >= 0.3 is 0 Å². The van der Waals surface area contributed by atoms with Crippen molar-refractivity contribution in [2.45, 2.75) is 64.5 Å². The third kappa shape index (κ3) is 4.70. The number of likely N-dealkylation sites (tertiary alicyclic amines) is 2. The SMILES string of the molecule is CN1CCCCC1CCN1CC(Cn2nc(C(C)(C)C)ccc2=O)C1. The largest absolute Gasteiger partial charge is 0.303 e. The molecule has 5 heteroatoms. The van der Waals surface area contributed by atoms with Crippen molar-refractivity contribution in [3.05, 3.63) is 28.2 Å². The van der Waals surface area contributed by atoms with Crippen LogP contribution in [-0.4, -0.2) is 58.8 Å². The predicted octanol–water partition coefficient (Wildman–Crippen LogP) is 2.35. The highest BCUT2D eigenvalue weighted by molar-refractivity contribution is 5.10. The minimum Gasteiger partial charge on any atom is -0.303 e. The van der Waals surface area contributed by atoms with Crippen molar-refractivity contribution in [1.82, 2.24) is 19.6 Å². The van der Waals surface area contributed by atoms with E-state index in [1.54, 1.807) is 10.7 Å². The molecule has 2 aliphatic rings. The Kier molecular flexibility index (Phi) is 5.64. The van der Waals surface area contributed by atoms with E-state index >= 15 is 0 Å². The maximum absolute atomic E-state index is 12.1. The molecule has 2 saturated heterocycles. The standard InChI is InChI=1S/C20H34N4O/c1-20(2,3)18-8-9-19(25)24(21-18)15-16-13-23(14-16)12-10-17-7-5-6-11-22(17)4/h8-9,16-17H,5-7,10-15H2,1-4H3. The second-order valence-corrected chi connectivity index (χ2v) is 9.03. The van der Waals surface area contributed by atoms with Crippen LogP contribution in [0.2, 0.25) is 0 Å². The first kappa shape index (κ1) is 18.6. The molecule has 1 atom stereocenters. The van der Waals surface area contributed by atoms with Crippen molar-refractivity contribution in [3.8, 4) is 0 Å². The van der Waals surface area contributed by atoms with E-state index in [1.165, 1.54) is 38.8 Å². The van der Waals surface area contributed by atoms with Crippen molar-refractivity contribution in [2.75, 3.05) is 33.2 Å². The van der Waals surface area contributed by atoms with E-state index in [-0.39, 0.29) is 11.0 Å². The maximum atomic E-state index is 12.1. The number of piperidine rings is 1. The van der Waals surface area contributed by atoms with E-state index in [9.17, 15) is 4.79 Å². The molecule has 0 amide bonds. The van der Waals surface area contributed by atoms with Crippen molar-refractivity contribution < 1.29 is 0 Å². The number of rotatable bonds is 5. The van der Waals surface area contributed by atoms with Gasteiger partial charge in [0, 0.05) is 36.5 Å². The summed E-state index contributed by atoms with van der Waals surface area (Å²) in [5.74, 6) is 0.560. The quantitative estimate of drug-likeness (QED) is 0.821. The zero-order chi connectivity index (χ0) is 18.0. The zero-order valence-corrected chi connectivity index (χ0v) is 16.4. The summed E-state index contributed by atoms with van der Waals surface area (Å²) in [5, 5.41) is 4.60. The molecule has 0 saturated carbocycles. The summed E-state index contributed by atoms with van der Waals surface area (Å²) in [6.45, 7) is 11.8. The molecule has 0 N–H and O–H groups in total. The van der Waals surface area contributed by atoms with Crippen molar-refractivity contribution in [2.24, 2.45) is 5.92 Å². The van der Waals surface area contributed by atoms with E-state index in [2.05, 4.69) is 42.7 Å². The van der Waals surface area contributed by atoms with E-state index in [0.29, 0.717) is 5.92 Å². The third-order valence-electron chi connectivity index (χ3n) is 5.80. The average Bonchev–Trinajstić information content (AvgIpc) is 2.51. The smallest absolute Gasteiger partial charge is 0.266 e. The van der Waals surface area contributed by atoms with Crippen LogP contribution in [0.25, 0.3) is 0 Å². The lowest BCUT2D eigenvalue weighted by atomic mass is 9.92. The van der Waals surface area contributed by atoms with Gasteiger partial charge in [-0.3, -0.25) is 4.79 Å². The fourth-order valence-corrected chi connectivity index (χ4v) is 4.04. The fourth-order valence-electron chi connectivity index (χ4n) is 4.04. The molecule has 5 nitrogen and oxygen atoms in total. The van der Waals surface area contributed by atoms with Crippen LogP contribution < -0.4 is 5.56 Å². The minimum atomic E-state index is -0.0207. The van der Waals surface area contributed by atoms with E-state index in [4.69, 9.17) is 0 Å². The lowest BCUT2D eigenvalue weighted by Crippen LogP contribution is -2.51.